The minimum atomic E-state index is -0.585. The number of anilines is 1. The van der Waals surface area contributed by atoms with Gasteiger partial charge < -0.3 is 19.5 Å². The van der Waals surface area contributed by atoms with Crippen LogP contribution in [0.5, 0.6) is 5.75 Å². The first-order chi connectivity index (χ1) is 19.2. The minimum absolute atomic E-state index is 0.116. The summed E-state index contributed by atoms with van der Waals surface area (Å²) >= 11 is 0. The van der Waals surface area contributed by atoms with E-state index < -0.39 is 5.60 Å². The number of hydrogen-bond acceptors (Lipinski definition) is 4. The maximum absolute atomic E-state index is 6.68. The van der Waals surface area contributed by atoms with Crippen LogP contribution in [0.4, 0.5) is 5.69 Å². The smallest absolute Gasteiger partial charge is 0.132 e. The molecule has 0 bridgehead atoms. The molecule has 0 fully saturated rings. The largest absolute Gasteiger partial charge is 0.485 e. The predicted octanol–water partition coefficient (Wildman–Crippen LogP) is 8.61. The lowest BCUT2D eigenvalue weighted by Gasteiger charge is -2.44. The van der Waals surface area contributed by atoms with Gasteiger partial charge in [0.15, 0.2) is 0 Å². The predicted molar refractivity (Wildman–Crippen MR) is 163 cm³/mol. The normalized spacial score (nSPS) is 18.0. The Balaban J connectivity index is 1.40. The third-order valence-electron chi connectivity index (χ3n) is 7.51. The molecule has 4 aromatic rings. The summed E-state index contributed by atoms with van der Waals surface area (Å²) in [6.45, 7) is 12.6. The van der Waals surface area contributed by atoms with Crippen molar-refractivity contribution in [1.29, 1.82) is 0 Å². The third-order valence-corrected chi connectivity index (χ3v) is 7.51. The zero-order valence-electron chi connectivity index (χ0n) is 24.3. The average molecular weight is 536 g/mol. The second kappa shape index (κ2) is 11.9. The molecule has 0 saturated heterocycles. The van der Waals surface area contributed by atoms with Gasteiger partial charge in [-0.05, 0) is 59.7 Å². The second-order valence-corrected chi connectivity index (χ2v) is 12.2. The lowest BCUT2D eigenvalue weighted by molar-refractivity contribution is -0.170. The highest BCUT2D eigenvalue weighted by atomic mass is 16.6. The van der Waals surface area contributed by atoms with E-state index in [4.69, 9.17) is 14.2 Å². The number of fused-ring (bicyclic) bond motifs is 1. The van der Waals surface area contributed by atoms with Gasteiger partial charge in [0.05, 0.1) is 13.2 Å². The average Bonchev–Trinajstić information content (AvgIpc) is 2.94. The molecule has 2 unspecified atom stereocenters. The molecule has 0 spiro atoms. The van der Waals surface area contributed by atoms with E-state index in [0.717, 1.165) is 34.7 Å². The molecule has 5 rings (SSSR count). The highest BCUT2D eigenvalue weighted by Gasteiger charge is 2.45. The van der Waals surface area contributed by atoms with E-state index >= 15 is 0 Å². The maximum atomic E-state index is 6.68. The van der Waals surface area contributed by atoms with Gasteiger partial charge in [-0.1, -0.05) is 106 Å². The number of hydrogen-bond donors (Lipinski definition) is 1. The molecule has 1 heterocycles. The van der Waals surface area contributed by atoms with Crippen LogP contribution < -0.4 is 10.1 Å². The van der Waals surface area contributed by atoms with Crippen LogP contribution in [-0.4, -0.2) is 11.7 Å². The lowest BCUT2D eigenvalue weighted by atomic mass is 9.86. The van der Waals surface area contributed by atoms with Gasteiger partial charge in [-0.2, -0.15) is 0 Å². The molecule has 1 aliphatic heterocycles. The van der Waals surface area contributed by atoms with Crippen LogP contribution in [0.25, 0.3) is 0 Å². The second-order valence-electron chi connectivity index (χ2n) is 12.2. The van der Waals surface area contributed by atoms with Gasteiger partial charge in [-0.15, -0.1) is 0 Å². The van der Waals surface area contributed by atoms with E-state index in [1.54, 1.807) is 0 Å². The van der Waals surface area contributed by atoms with Crippen LogP contribution >= 0.6 is 0 Å². The van der Waals surface area contributed by atoms with E-state index in [2.05, 4.69) is 113 Å². The Labute approximate surface area is 239 Å². The van der Waals surface area contributed by atoms with Crippen molar-refractivity contribution in [3.63, 3.8) is 0 Å². The van der Waals surface area contributed by atoms with Crippen LogP contribution in [0.1, 0.15) is 68.5 Å². The van der Waals surface area contributed by atoms with Crippen LogP contribution in [0.3, 0.4) is 0 Å². The van der Waals surface area contributed by atoms with Gasteiger partial charge in [0, 0.05) is 17.8 Å². The number of benzene rings is 4. The lowest BCUT2D eigenvalue weighted by Crippen LogP contribution is -2.50. The first kappa shape index (κ1) is 27.9. The Morgan fingerprint density at radius 2 is 1.32 bits per heavy atom. The van der Waals surface area contributed by atoms with Crippen molar-refractivity contribution in [3.8, 4) is 5.75 Å². The van der Waals surface area contributed by atoms with E-state index in [0.29, 0.717) is 13.2 Å². The number of nitrogens with one attached hydrogen (secondary N) is 1. The van der Waals surface area contributed by atoms with Gasteiger partial charge in [0.1, 0.15) is 23.6 Å². The summed E-state index contributed by atoms with van der Waals surface area (Å²) in [5, 5.41) is 3.56. The molecular formula is C36H41NO3. The van der Waals surface area contributed by atoms with E-state index in [9.17, 15) is 0 Å². The quantitative estimate of drug-likeness (QED) is 0.233. The standard InChI is InChI=1S/C36H41NO3/c1-35(2,3)29-18-16-28(17-19-29)25-39-34-33(38-24-27-14-10-7-11-15-27)31-22-30(20-21-32(31)40-36(34,4)5)37-23-26-12-8-6-9-13-26/h6-22,33-34,37H,23-25H2,1-5H3. The molecule has 208 valence electrons. The molecular weight excluding hydrogens is 494 g/mol. The van der Waals surface area contributed by atoms with Crippen molar-refractivity contribution in [3.05, 3.63) is 131 Å². The summed E-state index contributed by atoms with van der Waals surface area (Å²) in [6.07, 6.45) is -0.610. The van der Waals surface area contributed by atoms with Crippen LogP contribution in [0.15, 0.2) is 103 Å². The Hall–Kier alpha value is -3.60. The summed E-state index contributed by atoms with van der Waals surface area (Å²) in [4.78, 5) is 0. The van der Waals surface area contributed by atoms with Crippen LogP contribution in [0, 0.1) is 0 Å². The topological polar surface area (TPSA) is 39.7 Å². The van der Waals surface area contributed by atoms with Crippen LogP contribution in [-0.2, 0) is 34.6 Å². The van der Waals surface area contributed by atoms with Crippen molar-refractivity contribution in [1.82, 2.24) is 0 Å². The molecule has 1 aliphatic rings. The Morgan fingerprint density at radius 1 is 0.725 bits per heavy atom. The fourth-order valence-corrected chi connectivity index (χ4v) is 5.16. The van der Waals surface area contributed by atoms with Crippen molar-refractivity contribution in [2.75, 3.05) is 5.32 Å². The molecule has 4 heteroatoms. The van der Waals surface area contributed by atoms with Crippen molar-refractivity contribution < 1.29 is 14.2 Å². The monoisotopic (exact) mass is 535 g/mol. The van der Waals surface area contributed by atoms with E-state index in [1.807, 2.05) is 30.3 Å². The van der Waals surface area contributed by atoms with Crippen molar-refractivity contribution >= 4 is 5.69 Å². The van der Waals surface area contributed by atoms with Crippen molar-refractivity contribution in [2.24, 2.45) is 0 Å². The molecule has 0 amide bonds. The number of rotatable bonds is 9. The molecule has 2 atom stereocenters. The minimum Gasteiger partial charge on any atom is -0.485 e. The highest BCUT2D eigenvalue weighted by molar-refractivity contribution is 5.54. The summed E-state index contributed by atoms with van der Waals surface area (Å²) in [6, 6.07) is 35.7. The zero-order chi connectivity index (χ0) is 28.2. The van der Waals surface area contributed by atoms with Gasteiger partial charge in [-0.3, -0.25) is 0 Å². The fourth-order valence-electron chi connectivity index (χ4n) is 5.16. The molecule has 0 aliphatic carbocycles. The molecule has 4 aromatic carbocycles. The SMILES string of the molecule is CC(C)(C)c1ccc(COC2C(OCc3ccccc3)c3cc(NCc4ccccc4)ccc3OC2(C)C)cc1. The first-order valence-corrected chi connectivity index (χ1v) is 14.2. The molecule has 40 heavy (non-hydrogen) atoms. The van der Waals surface area contributed by atoms with E-state index in [-0.39, 0.29) is 17.6 Å². The van der Waals surface area contributed by atoms with Gasteiger partial charge in [-0.25, -0.2) is 0 Å². The summed E-state index contributed by atoms with van der Waals surface area (Å²) in [5.41, 5.74) is 6.36. The summed E-state index contributed by atoms with van der Waals surface area (Å²) in [7, 11) is 0. The molecule has 1 N–H and O–H groups in total. The van der Waals surface area contributed by atoms with E-state index in [1.165, 1.54) is 11.1 Å². The molecule has 0 radical (unpaired) electrons. The zero-order valence-corrected chi connectivity index (χ0v) is 24.3. The van der Waals surface area contributed by atoms with Gasteiger partial charge in [0.25, 0.3) is 0 Å². The molecule has 0 aromatic heterocycles. The van der Waals surface area contributed by atoms with Gasteiger partial charge >= 0.3 is 0 Å². The molecule has 4 nitrogen and oxygen atoms in total. The number of ether oxygens (including phenoxy) is 3. The summed E-state index contributed by atoms with van der Waals surface area (Å²) in [5.74, 6) is 0.836. The third kappa shape index (κ3) is 6.75. The maximum Gasteiger partial charge on any atom is 0.132 e. The van der Waals surface area contributed by atoms with Gasteiger partial charge in [0.2, 0.25) is 0 Å². The fraction of sp³-hybridized carbons (Fsp3) is 0.333. The van der Waals surface area contributed by atoms with Crippen LogP contribution in [0.2, 0.25) is 0 Å². The summed E-state index contributed by atoms with van der Waals surface area (Å²) < 4.78 is 19.9. The van der Waals surface area contributed by atoms with Crippen molar-refractivity contribution in [2.45, 2.75) is 77.6 Å². The highest BCUT2D eigenvalue weighted by Crippen LogP contribution is 2.45. The molecule has 0 saturated carbocycles. The Kier molecular flexibility index (Phi) is 8.30. The Bertz CT molecular complexity index is 1380. The first-order valence-electron chi connectivity index (χ1n) is 14.2. The Morgan fingerprint density at radius 3 is 1.98 bits per heavy atom.